The van der Waals surface area contributed by atoms with Crippen molar-refractivity contribution in [3.05, 3.63) is 41.2 Å². The molecule has 2 nitrogen and oxygen atoms in total. The molecule has 14 heavy (non-hydrogen) atoms. The van der Waals surface area contributed by atoms with E-state index in [0.717, 1.165) is 10.2 Å². The van der Waals surface area contributed by atoms with Crippen LogP contribution in [0.3, 0.4) is 0 Å². The third-order valence-corrected chi connectivity index (χ3v) is 2.70. The van der Waals surface area contributed by atoms with Crippen molar-refractivity contribution in [2.75, 3.05) is 6.61 Å². The van der Waals surface area contributed by atoms with E-state index in [2.05, 4.69) is 27.5 Å². The van der Waals surface area contributed by atoms with Gasteiger partial charge in [0, 0.05) is 28.2 Å². The molecule has 76 valence electrons. The van der Waals surface area contributed by atoms with Crippen LogP contribution in [-0.4, -0.2) is 16.7 Å². The average Bonchev–Trinajstić information content (AvgIpc) is 2.21. The minimum absolute atomic E-state index is 0.0915. The quantitative estimate of drug-likeness (QED) is 0.840. The van der Waals surface area contributed by atoms with Gasteiger partial charge in [-0.25, -0.2) is 0 Å². The van der Waals surface area contributed by atoms with E-state index in [1.807, 2.05) is 19.1 Å². The summed E-state index contributed by atoms with van der Waals surface area (Å²) in [4.78, 5) is 4.25. The van der Waals surface area contributed by atoms with Crippen LogP contribution in [0.25, 0.3) is 0 Å². The maximum atomic E-state index is 9.19. The van der Waals surface area contributed by atoms with Gasteiger partial charge in [-0.2, -0.15) is 0 Å². The van der Waals surface area contributed by atoms with Gasteiger partial charge in [-0.1, -0.05) is 13.0 Å². The van der Waals surface area contributed by atoms with Gasteiger partial charge in [-0.3, -0.25) is 4.98 Å². The van der Waals surface area contributed by atoms with Gasteiger partial charge in [-0.15, -0.1) is 6.58 Å². The van der Waals surface area contributed by atoms with Crippen molar-refractivity contribution in [1.82, 2.24) is 4.98 Å². The highest BCUT2D eigenvalue weighted by molar-refractivity contribution is 9.10. The van der Waals surface area contributed by atoms with Gasteiger partial charge in [0.25, 0.3) is 0 Å². The minimum Gasteiger partial charge on any atom is -0.395 e. The van der Waals surface area contributed by atoms with Crippen molar-refractivity contribution >= 4 is 15.9 Å². The monoisotopic (exact) mass is 255 g/mol. The summed E-state index contributed by atoms with van der Waals surface area (Å²) < 4.78 is 0.963. The minimum atomic E-state index is -0.277. The molecule has 0 bridgehead atoms. The summed E-state index contributed by atoms with van der Waals surface area (Å²) in [5, 5.41) is 9.19. The zero-order chi connectivity index (χ0) is 10.6. The number of aromatic nitrogens is 1. The first kappa shape index (κ1) is 11.4. The van der Waals surface area contributed by atoms with E-state index >= 15 is 0 Å². The van der Waals surface area contributed by atoms with Crippen LogP contribution in [0.15, 0.2) is 35.5 Å². The molecule has 0 saturated heterocycles. The van der Waals surface area contributed by atoms with E-state index in [0.29, 0.717) is 6.42 Å². The smallest absolute Gasteiger partial charge is 0.0523 e. The Labute approximate surface area is 92.8 Å². The Morgan fingerprint density at radius 3 is 2.79 bits per heavy atom. The van der Waals surface area contributed by atoms with Crippen LogP contribution in [0, 0.1) is 5.41 Å². The molecular formula is C11H14BrNO. The summed E-state index contributed by atoms with van der Waals surface area (Å²) in [6, 6.07) is 3.89. The number of aliphatic hydroxyl groups excluding tert-OH is 1. The van der Waals surface area contributed by atoms with E-state index in [9.17, 15) is 5.11 Å². The SMILES string of the molecule is C=CC(C)(CO)Cc1ccc(Br)cn1. The van der Waals surface area contributed by atoms with Gasteiger partial charge in [0.2, 0.25) is 0 Å². The maximum Gasteiger partial charge on any atom is 0.0523 e. The van der Waals surface area contributed by atoms with Crippen LogP contribution in [0.1, 0.15) is 12.6 Å². The van der Waals surface area contributed by atoms with Crippen LogP contribution in [0.4, 0.5) is 0 Å². The Morgan fingerprint density at radius 1 is 1.64 bits per heavy atom. The summed E-state index contributed by atoms with van der Waals surface area (Å²) in [6.45, 7) is 5.77. The van der Waals surface area contributed by atoms with Crippen LogP contribution in [0.2, 0.25) is 0 Å². The van der Waals surface area contributed by atoms with Gasteiger partial charge < -0.3 is 5.11 Å². The van der Waals surface area contributed by atoms with E-state index in [1.165, 1.54) is 0 Å². The Balaban J connectivity index is 2.77. The Hall–Kier alpha value is -0.670. The predicted octanol–water partition coefficient (Wildman–Crippen LogP) is 2.57. The normalized spacial score (nSPS) is 14.8. The second-order valence-corrected chi connectivity index (χ2v) is 4.58. The van der Waals surface area contributed by atoms with Gasteiger partial charge in [-0.05, 0) is 28.1 Å². The fraction of sp³-hybridized carbons (Fsp3) is 0.364. The van der Waals surface area contributed by atoms with Crippen LogP contribution in [-0.2, 0) is 6.42 Å². The lowest BCUT2D eigenvalue weighted by Crippen LogP contribution is -2.21. The fourth-order valence-corrected chi connectivity index (χ4v) is 1.35. The van der Waals surface area contributed by atoms with Crippen molar-refractivity contribution in [3.8, 4) is 0 Å². The number of hydrogen-bond donors (Lipinski definition) is 1. The molecule has 0 fully saturated rings. The number of aliphatic hydroxyl groups is 1. The first-order valence-electron chi connectivity index (χ1n) is 4.44. The topological polar surface area (TPSA) is 33.1 Å². The zero-order valence-corrected chi connectivity index (χ0v) is 9.79. The van der Waals surface area contributed by atoms with E-state index in [-0.39, 0.29) is 12.0 Å². The lowest BCUT2D eigenvalue weighted by atomic mass is 9.86. The molecule has 0 radical (unpaired) electrons. The Bertz CT molecular complexity index is 310. The van der Waals surface area contributed by atoms with Crippen molar-refractivity contribution in [3.63, 3.8) is 0 Å². The Kier molecular flexibility index (Phi) is 3.84. The Morgan fingerprint density at radius 2 is 2.36 bits per heavy atom. The lowest BCUT2D eigenvalue weighted by molar-refractivity contribution is 0.183. The molecule has 0 aliphatic carbocycles. The summed E-state index contributed by atoms with van der Waals surface area (Å²) in [5.74, 6) is 0. The zero-order valence-electron chi connectivity index (χ0n) is 8.20. The molecule has 1 rings (SSSR count). The molecule has 0 aliphatic rings. The molecule has 0 saturated carbocycles. The third-order valence-electron chi connectivity index (χ3n) is 2.23. The van der Waals surface area contributed by atoms with E-state index < -0.39 is 0 Å². The van der Waals surface area contributed by atoms with Crippen molar-refractivity contribution in [1.29, 1.82) is 0 Å². The van der Waals surface area contributed by atoms with Gasteiger partial charge >= 0.3 is 0 Å². The molecule has 0 amide bonds. The van der Waals surface area contributed by atoms with Crippen molar-refractivity contribution in [2.45, 2.75) is 13.3 Å². The fourth-order valence-electron chi connectivity index (χ4n) is 1.12. The van der Waals surface area contributed by atoms with Crippen molar-refractivity contribution in [2.24, 2.45) is 5.41 Å². The molecular weight excluding hydrogens is 242 g/mol. The van der Waals surface area contributed by atoms with Crippen LogP contribution < -0.4 is 0 Å². The largest absolute Gasteiger partial charge is 0.395 e. The number of pyridine rings is 1. The lowest BCUT2D eigenvalue weighted by Gasteiger charge is -2.22. The first-order valence-corrected chi connectivity index (χ1v) is 5.24. The number of halogens is 1. The number of hydrogen-bond acceptors (Lipinski definition) is 2. The predicted molar refractivity (Wildman–Crippen MR) is 61.0 cm³/mol. The molecule has 1 N–H and O–H groups in total. The average molecular weight is 256 g/mol. The summed E-state index contributed by atoms with van der Waals surface area (Å²) in [6.07, 6.45) is 4.24. The van der Waals surface area contributed by atoms with E-state index in [1.54, 1.807) is 12.3 Å². The third kappa shape index (κ3) is 2.93. The molecule has 0 spiro atoms. The highest BCUT2D eigenvalue weighted by Gasteiger charge is 2.19. The van der Waals surface area contributed by atoms with Gasteiger partial charge in [0.1, 0.15) is 0 Å². The van der Waals surface area contributed by atoms with Crippen LogP contribution >= 0.6 is 15.9 Å². The maximum absolute atomic E-state index is 9.19. The van der Waals surface area contributed by atoms with E-state index in [4.69, 9.17) is 0 Å². The number of nitrogens with zero attached hydrogens (tertiary/aromatic N) is 1. The second-order valence-electron chi connectivity index (χ2n) is 3.66. The van der Waals surface area contributed by atoms with Crippen LogP contribution in [0.5, 0.6) is 0 Å². The first-order chi connectivity index (χ1) is 6.59. The molecule has 1 heterocycles. The molecule has 0 aromatic carbocycles. The summed E-state index contributed by atoms with van der Waals surface area (Å²) in [5.41, 5.74) is 0.686. The van der Waals surface area contributed by atoms with Crippen molar-refractivity contribution < 1.29 is 5.11 Å². The molecule has 1 aromatic heterocycles. The molecule has 0 aliphatic heterocycles. The molecule has 3 heteroatoms. The summed E-state index contributed by atoms with van der Waals surface area (Å²) in [7, 11) is 0. The summed E-state index contributed by atoms with van der Waals surface area (Å²) >= 11 is 3.33. The molecule has 1 atom stereocenters. The van der Waals surface area contributed by atoms with Gasteiger partial charge in [0.15, 0.2) is 0 Å². The second kappa shape index (κ2) is 4.71. The molecule has 1 aromatic rings. The standard InChI is InChI=1S/C11H14BrNO/c1-3-11(2,8-14)6-10-5-4-9(12)7-13-10/h3-5,7,14H,1,6,8H2,2H3. The number of rotatable bonds is 4. The molecule has 1 unspecified atom stereocenters. The highest BCUT2D eigenvalue weighted by Crippen LogP contribution is 2.22. The highest BCUT2D eigenvalue weighted by atomic mass is 79.9. The van der Waals surface area contributed by atoms with Gasteiger partial charge in [0.05, 0.1) is 6.61 Å².